The lowest BCUT2D eigenvalue weighted by atomic mass is 10.1. The summed E-state index contributed by atoms with van der Waals surface area (Å²) in [5.74, 6) is -0.473. The molecule has 0 unspecified atom stereocenters. The lowest BCUT2D eigenvalue weighted by Crippen LogP contribution is -2.46. The number of H-pyrrole nitrogens is 1. The number of amides is 2. The molecule has 2 aromatic carbocycles. The van der Waals surface area contributed by atoms with Crippen LogP contribution in [0.3, 0.4) is 0 Å². The molecule has 0 aliphatic carbocycles. The smallest absolute Gasteiger partial charge is 0.264 e. The maximum absolute atomic E-state index is 13.5. The molecule has 0 bridgehead atoms. The molecule has 7 nitrogen and oxygen atoms in total. The van der Waals surface area contributed by atoms with Crippen LogP contribution in [0.1, 0.15) is 31.4 Å². The third-order valence-corrected chi connectivity index (χ3v) is 7.49. The van der Waals surface area contributed by atoms with Crippen molar-refractivity contribution < 1.29 is 9.59 Å². The van der Waals surface area contributed by atoms with E-state index in [2.05, 4.69) is 25.8 Å². The van der Waals surface area contributed by atoms with E-state index in [-0.39, 0.29) is 18.4 Å². The van der Waals surface area contributed by atoms with Crippen LogP contribution in [0.15, 0.2) is 72.2 Å². The van der Waals surface area contributed by atoms with Crippen LogP contribution in [0.5, 0.6) is 0 Å². The van der Waals surface area contributed by atoms with Crippen LogP contribution in [0.4, 0.5) is 5.69 Å². The maximum atomic E-state index is 13.5. The van der Waals surface area contributed by atoms with E-state index in [0.29, 0.717) is 11.1 Å². The van der Waals surface area contributed by atoms with Crippen LogP contribution in [-0.4, -0.2) is 57.8 Å². The molecule has 1 N–H and O–H groups in total. The van der Waals surface area contributed by atoms with Gasteiger partial charge in [-0.1, -0.05) is 36.4 Å². The molecule has 0 radical (unpaired) electrons. The van der Waals surface area contributed by atoms with Gasteiger partial charge in [-0.15, -0.1) is 11.3 Å². The van der Waals surface area contributed by atoms with E-state index in [0.717, 1.165) is 54.7 Å². The number of nitrogens with one attached hydrogen (secondary N) is 1. The Kier molecular flexibility index (Phi) is 5.67. The lowest BCUT2D eigenvalue weighted by Gasteiger charge is -2.36. The van der Waals surface area contributed by atoms with Crippen molar-refractivity contribution in [3.05, 3.63) is 94.1 Å². The number of piperazine rings is 1. The van der Waals surface area contributed by atoms with Crippen molar-refractivity contribution in [2.75, 3.05) is 31.1 Å². The Balaban J connectivity index is 1.18. The normalized spacial score (nSPS) is 16.2. The molecule has 4 heterocycles. The number of nitrogens with zero attached hydrogens (tertiary/aromatic N) is 4. The lowest BCUT2D eigenvalue weighted by molar-refractivity contribution is 0.0642. The predicted molar refractivity (Wildman–Crippen MR) is 136 cm³/mol. The first kappa shape index (κ1) is 21.8. The summed E-state index contributed by atoms with van der Waals surface area (Å²) < 4.78 is 0. The number of carbonyl (C=O) groups excluding carboxylic acids is 2. The Morgan fingerprint density at radius 2 is 1.69 bits per heavy atom. The van der Waals surface area contributed by atoms with Crippen molar-refractivity contribution in [3.8, 4) is 11.3 Å². The van der Waals surface area contributed by atoms with Crippen molar-refractivity contribution in [3.63, 3.8) is 0 Å². The molecule has 2 amide bonds. The largest absolute Gasteiger partial charge is 0.368 e. The molecule has 0 atom stereocenters. The first-order chi connectivity index (χ1) is 17.2. The van der Waals surface area contributed by atoms with Gasteiger partial charge in [-0.3, -0.25) is 19.4 Å². The minimum atomic E-state index is -0.242. The zero-order valence-corrected chi connectivity index (χ0v) is 20.0. The fourth-order valence-electron chi connectivity index (χ4n) is 4.84. The summed E-state index contributed by atoms with van der Waals surface area (Å²) in [7, 11) is 0. The van der Waals surface area contributed by atoms with E-state index in [4.69, 9.17) is 0 Å². The Bertz CT molecular complexity index is 1360. The fraction of sp³-hybridized carbons (Fsp3) is 0.222. The van der Waals surface area contributed by atoms with Crippen LogP contribution in [-0.2, 0) is 13.1 Å². The van der Waals surface area contributed by atoms with Crippen molar-refractivity contribution >= 4 is 28.8 Å². The fourth-order valence-corrected chi connectivity index (χ4v) is 5.63. The van der Waals surface area contributed by atoms with Crippen LogP contribution >= 0.6 is 11.3 Å². The SMILES string of the molecule is O=C1c2cccc(N3CCN(Cc4ccc[nH]4)CC3)c2C(=O)N1Cc1nc(-c2ccccc2)cs1. The molecular formula is C27H25N5O2S. The Morgan fingerprint density at radius 3 is 2.46 bits per heavy atom. The topological polar surface area (TPSA) is 72.5 Å². The highest BCUT2D eigenvalue weighted by molar-refractivity contribution is 7.10. The minimum Gasteiger partial charge on any atom is -0.368 e. The van der Waals surface area contributed by atoms with Gasteiger partial charge >= 0.3 is 0 Å². The van der Waals surface area contributed by atoms with Gasteiger partial charge in [0.2, 0.25) is 0 Å². The molecule has 176 valence electrons. The molecule has 8 heteroatoms. The quantitative estimate of drug-likeness (QED) is 0.415. The van der Waals surface area contributed by atoms with Crippen molar-refractivity contribution in [1.82, 2.24) is 19.8 Å². The number of benzene rings is 2. The summed E-state index contributed by atoms with van der Waals surface area (Å²) >= 11 is 1.47. The molecule has 1 saturated heterocycles. The molecule has 2 aliphatic heterocycles. The number of anilines is 1. The highest BCUT2D eigenvalue weighted by atomic mass is 32.1. The van der Waals surface area contributed by atoms with E-state index in [1.165, 1.54) is 21.9 Å². The zero-order chi connectivity index (χ0) is 23.8. The van der Waals surface area contributed by atoms with Crippen molar-refractivity contribution in [1.29, 1.82) is 0 Å². The highest BCUT2D eigenvalue weighted by Gasteiger charge is 2.39. The monoisotopic (exact) mass is 483 g/mol. The predicted octanol–water partition coefficient (Wildman–Crippen LogP) is 4.26. The van der Waals surface area contributed by atoms with E-state index in [1.54, 1.807) is 6.07 Å². The van der Waals surface area contributed by atoms with Crippen LogP contribution in [0.2, 0.25) is 0 Å². The number of imide groups is 1. The average Bonchev–Trinajstić information content (AvgIpc) is 3.64. The van der Waals surface area contributed by atoms with E-state index < -0.39 is 0 Å². The molecule has 35 heavy (non-hydrogen) atoms. The second kappa shape index (κ2) is 9.13. The minimum absolute atomic E-state index is 0.188. The van der Waals surface area contributed by atoms with Crippen LogP contribution < -0.4 is 4.90 Å². The zero-order valence-electron chi connectivity index (χ0n) is 19.2. The maximum Gasteiger partial charge on any atom is 0.264 e. The summed E-state index contributed by atoms with van der Waals surface area (Å²) in [5.41, 5.74) is 4.95. The van der Waals surface area contributed by atoms with Gasteiger partial charge in [-0.2, -0.15) is 0 Å². The van der Waals surface area contributed by atoms with Gasteiger partial charge in [0, 0.05) is 55.6 Å². The number of thiazole rings is 1. The van der Waals surface area contributed by atoms with Crippen LogP contribution in [0, 0.1) is 0 Å². The Morgan fingerprint density at radius 1 is 0.857 bits per heavy atom. The van der Waals surface area contributed by atoms with Crippen molar-refractivity contribution in [2.45, 2.75) is 13.1 Å². The second-order valence-corrected chi connectivity index (χ2v) is 9.79. The number of fused-ring (bicyclic) bond motifs is 1. The molecule has 2 aromatic heterocycles. The third kappa shape index (κ3) is 4.15. The summed E-state index contributed by atoms with van der Waals surface area (Å²) in [6, 6.07) is 19.6. The van der Waals surface area contributed by atoms with Gasteiger partial charge in [0.25, 0.3) is 11.8 Å². The Labute approximate surface area is 207 Å². The van der Waals surface area contributed by atoms with Gasteiger partial charge in [-0.25, -0.2) is 4.98 Å². The van der Waals surface area contributed by atoms with E-state index in [1.807, 2.05) is 60.1 Å². The number of aromatic nitrogens is 2. The molecule has 1 fully saturated rings. The number of carbonyl (C=O) groups is 2. The highest BCUT2D eigenvalue weighted by Crippen LogP contribution is 2.34. The van der Waals surface area contributed by atoms with Crippen molar-refractivity contribution in [2.24, 2.45) is 0 Å². The number of hydrogen-bond donors (Lipinski definition) is 1. The molecular weight excluding hydrogens is 458 g/mol. The summed E-state index contributed by atoms with van der Waals surface area (Å²) in [5, 5.41) is 2.72. The molecule has 0 saturated carbocycles. The summed E-state index contributed by atoms with van der Waals surface area (Å²) in [6.45, 7) is 4.49. The number of hydrogen-bond acceptors (Lipinski definition) is 6. The number of aromatic amines is 1. The summed E-state index contributed by atoms with van der Waals surface area (Å²) in [4.78, 5) is 40.6. The van der Waals surface area contributed by atoms with E-state index in [9.17, 15) is 9.59 Å². The molecule has 6 rings (SSSR count). The molecule has 2 aliphatic rings. The van der Waals surface area contributed by atoms with Gasteiger partial charge in [-0.05, 0) is 24.3 Å². The van der Waals surface area contributed by atoms with Gasteiger partial charge in [0.1, 0.15) is 5.01 Å². The number of rotatable bonds is 6. The van der Waals surface area contributed by atoms with E-state index >= 15 is 0 Å². The van der Waals surface area contributed by atoms with Gasteiger partial charge in [0.05, 0.1) is 29.1 Å². The van der Waals surface area contributed by atoms with Gasteiger partial charge < -0.3 is 9.88 Å². The average molecular weight is 484 g/mol. The Hall–Kier alpha value is -3.75. The molecule has 0 spiro atoms. The van der Waals surface area contributed by atoms with Gasteiger partial charge in [0.15, 0.2) is 0 Å². The third-order valence-electron chi connectivity index (χ3n) is 6.66. The molecule has 4 aromatic rings. The summed E-state index contributed by atoms with van der Waals surface area (Å²) in [6.07, 6.45) is 1.95. The standard InChI is InChI=1S/C27H25N5O2S/c33-26-21-9-4-10-23(31-14-12-30(13-15-31)16-20-8-5-11-28-20)25(21)27(34)32(26)17-24-29-22(18-35-24)19-6-2-1-3-7-19/h1-11,18,28H,12-17H2. The first-order valence-electron chi connectivity index (χ1n) is 11.8. The van der Waals surface area contributed by atoms with Crippen LogP contribution in [0.25, 0.3) is 11.3 Å². The second-order valence-electron chi connectivity index (χ2n) is 8.85. The first-order valence-corrected chi connectivity index (χ1v) is 12.6.